The van der Waals surface area contributed by atoms with E-state index in [2.05, 4.69) is 10.1 Å². The van der Waals surface area contributed by atoms with Crippen molar-refractivity contribution in [2.45, 2.75) is 32.6 Å². The van der Waals surface area contributed by atoms with E-state index in [0.717, 1.165) is 23.5 Å². The highest BCUT2D eigenvalue weighted by molar-refractivity contribution is 6.32. The van der Waals surface area contributed by atoms with E-state index in [1.54, 1.807) is 10.9 Å². The van der Waals surface area contributed by atoms with E-state index in [0.29, 0.717) is 24.3 Å². The summed E-state index contributed by atoms with van der Waals surface area (Å²) in [7, 11) is 1.83. The summed E-state index contributed by atoms with van der Waals surface area (Å²) in [5.74, 6) is 0.156. The molecule has 106 valence electrons. The van der Waals surface area contributed by atoms with Crippen LogP contribution in [0.4, 0.5) is 0 Å². The molecular weight excluding hydrogens is 274 g/mol. The van der Waals surface area contributed by atoms with Crippen LogP contribution >= 0.6 is 11.6 Å². The maximum Gasteiger partial charge on any atom is 0.139 e. The first kappa shape index (κ1) is 14.7. The lowest BCUT2D eigenvalue weighted by atomic mass is 10.1. The number of pyridine rings is 1. The van der Waals surface area contributed by atoms with Crippen molar-refractivity contribution in [3.63, 3.8) is 0 Å². The number of aromatic nitrogens is 3. The molecule has 0 saturated heterocycles. The highest BCUT2D eigenvalue weighted by Crippen LogP contribution is 2.21. The SMILES string of the molecule is CCc1nn(C)c(CC(=O)CCc2ccccn2)c1Cl. The molecule has 2 aromatic rings. The first-order valence-corrected chi connectivity index (χ1v) is 7.11. The van der Waals surface area contributed by atoms with Crippen molar-refractivity contribution in [1.29, 1.82) is 0 Å². The van der Waals surface area contributed by atoms with Gasteiger partial charge < -0.3 is 0 Å². The van der Waals surface area contributed by atoms with Gasteiger partial charge in [-0.15, -0.1) is 0 Å². The lowest BCUT2D eigenvalue weighted by Crippen LogP contribution is -2.09. The summed E-state index contributed by atoms with van der Waals surface area (Å²) in [6, 6.07) is 5.73. The fourth-order valence-electron chi connectivity index (χ4n) is 2.10. The van der Waals surface area contributed by atoms with Crippen LogP contribution in [0.25, 0.3) is 0 Å². The van der Waals surface area contributed by atoms with Crippen LogP contribution in [0.1, 0.15) is 30.4 Å². The van der Waals surface area contributed by atoms with Crippen LogP contribution in [0.15, 0.2) is 24.4 Å². The van der Waals surface area contributed by atoms with Gasteiger partial charge in [-0.05, 0) is 25.0 Å². The third-order valence-electron chi connectivity index (χ3n) is 3.25. The molecule has 2 rings (SSSR count). The molecule has 0 N–H and O–H groups in total. The van der Waals surface area contributed by atoms with Crippen molar-refractivity contribution >= 4 is 17.4 Å². The number of carbonyl (C=O) groups is 1. The molecule has 20 heavy (non-hydrogen) atoms. The number of aryl methyl sites for hydroxylation is 3. The number of Topliss-reactive ketones (excluding diaryl/α,β-unsaturated/α-hetero) is 1. The Morgan fingerprint density at radius 1 is 1.40 bits per heavy atom. The number of nitrogens with zero attached hydrogens (tertiary/aromatic N) is 3. The fourth-order valence-corrected chi connectivity index (χ4v) is 2.46. The van der Waals surface area contributed by atoms with Gasteiger partial charge in [0, 0.05) is 31.8 Å². The van der Waals surface area contributed by atoms with Gasteiger partial charge in [-0.2, -0.15) is 5.10 Å². The van der Waals surface area contributed by atoms with Gasteiger partial charge in [0.1, 0.15) is 5.78 Å². The van der Waals surface area contributed by atoms with Crippen molar-refractivity contribution in [3.8, 4) is 0 Å². The molecule has 5 heteroatoms. The maximum atomic E-state index is 12.1. The molecule has 0 aliphatic heterocycles. The molecular formula is C15H18ClN3O. The molecule has 0 radical (unpaired) electrons. The first-order chi connectivity index (χ1) is 9.61. The molecule has 0 bridgehead atoms. The average molecular weight is 292 g/mol. The molecule has 0 unspecified atom stereocenters. The zero-order valence-corrected chi connectivity index (χ0v) is 12.5. The second-order valence-corrected chi connectivity index (χ2v) is 5.10. The molecule has 0 atom stereocenters. The summed E-state index contributed by atoms with van der Waals surface area (Å²) in [5.41, 5.74) is 2.59. The Kier molecular flexibility index (Phi) is 4.90. The normalized spacial score (nSPS) is 10.8. The Balaban J connectivity index is 1.97. The molecule has 0 aromatic carbocycles. The van der Waals surface area contributed by atoms with Gasteiger partial charge in [-0.3, -0.25) is 14.5 Å². The monoisotopic (exact) mass is 291 g/mol. The molecule has 0 aliphatic rings. The quantitative estimate of drug-likeness (QED) is 0.822. The van der Waals surface area contributed by atoms with E-state index < -0.39 is 0 Å². The predicted molar refractivity (Wildman–Crippen MR) is 78.9 cm³/mol. The van der Waals surface area contributed by atoms with Crippen LogP contribution in [0.2, 0.25) is 5.02 Å². The zero-order valence-electron chi connectivity index (χ0n) is 11.8. The summed E-state index contributed by atoms with van der Waals surface area (Å²) >= 11 is 6.24. The Hall–Kier alpha value is -1.68. The van der Waals surface area contributed by atoms with Crippen LogP contribution in [0.3, 0.4) is 0 Å². The van der Waals surface area contributed by atoms with Gasteiger partial charge in [-0.25, -0.2) is 0 Å². The smallest absolute Gasteiger partial charge is 0.139 e. The fraction of sp³-hybridized carbons (Fsp3) is 0.400. The van der Waals surface area contributed by atoms with Gasteiger partial charge >= 0.3 is 0 Å². The Bertz CT molecular complexity index is 593. The molecule has 2 aromatic heterocycles. The van der Waals surface area contributed by atoms with E-state index in [4.69, 9.17) is 11.6 Å². The van der Waals surface area contributed by atoms with Crippen LogP contribution in [0, 0.1) is 0 Å². The summed E-state index contributed by atoms with van der Waals surface area (Å²) in [5, 5.41) is 4.95. The number of rotatable bonds is 6. The molecule has 0 saturated carbocycles. The Labute approximate surface area is 123 Å². The van der Waals surface area contributed by atoms with Crippen LogP contribution < -0.4 is 0 Å². The van der Waals surface area contributed by atoms with Crippen molar-refractivity contribution in [3.05, 3.63) is 46.5 Å². The van der Waals surface area contributed by atoms with Gasteiger partial charge in [-0.1, -0.05) is 24.6 Å². The zero-order chi connectivity index (χ0) is 14.5. The highest BCUT2D eigenvalue weighted by Gasteiger charge is 2.16. The van der Waals surface area contributed by atoms with Crippen molar-refractivity contribution < 1.29 is 4.79 Å². The van der Waals surface area contributed by atoms with Gasteiger partial charge in [0.25, 0.3) is 0 Å². The minimum absolute atomic E-state index is 0.156. The van der Waals surface area contributed by atoms with Crippen LogP contribution in [-0.2, 0) is 31.1 Å². The van der Waals surface area contributed by atoms with Crippen molar-refractivity contribution in [1.82, 2.24) is 14.8 Å². The number of hydrogen-bond donors (Lipinski definition) is 0. The third kappa shape index (κ3) is 3.45. The maximum absolute atomic E-state index is 12.1. The minimum Gasteiger partial charge on any atom is -0.299 e. The lowest BCUT2D eigenvalue weighted by Gasteiger charge is -2.03. The Morgan fingerprint density at radius 3 is 2.80 bits per heavy atom. The molecule has 0 spiro atoms. The van der Waals surface area contributed by atoms with Gasteiger partial charge in [0.05, 0.1) is 16.4 Å². The van der Waals surface area contributed by atoms with Gasteiger partial charge in [0.2, 0.25) is 0 Å². The van der Waals surface area contributed by atoms with Crippen molar-refractivity contribution in [2.75, 3.05) is 0 Å². The summed E-state index contributed by atoms with van der Waals surface area (Å²) < 4.78 is 1.71. The van der Waals surface area contributed by atoms with E-state index in [1.165, 1.54) is 0 Å². The number of hydrogen-bond acceptors (Lipinski definition) is 3. The average Bonchev–Trinajstić information content (AvgIpc) is 2.73. The largest absolute Gasteiger partial charge is 0.299 e. The molecule has 0 aliphatic carbocycles. The molecule has 0 amide bonds. The van der Waals surface area contributed by atoms with Crippen LogP contribution in [-0.4, -0.2) is 20.5 Å². The van der Waals surface area contributed by atoms with Crippen LogP contribution in [0.5, 0.6) is 0 Å². The minimum atomic E-state index is 0.156. The predicted octanol–water partition coefficient (Wildman–Crippen LogP) is 2.78. The molecule has 2 heterocycles. The second-order valence-electron chi connectivity index (χ2n) is 4.72. The van der Waals surface area contributed by atoms with E-state index in [1.807, 2.05) is 32.2 Å². The third-order valence-corrected chi connectivity index (χ3v) is 3.69. The summed E-state index contributed by atoms with van der Waals surface area (Å²) in [6.45, 7) is 2.00. The van der Waals surface area contributed by atoms with Gasteiger partial charge in [0.15, 0.2) is 0 Å². The van der Waals surface area contributed by atoms with Crippen molar-refractivity contribution in [2.24, 2.45) is 7.05 Å². The molecule has 4 nitrogen and oxygen atoms in total. The molecule has 0 fully saturated rings. The number of halogens is 1. The standard InChI is InChI=1S/C15H18ClN3O/c1-3-13-15(16)14(19(2)18-13)10-12(20)8-7-11-6-4-5-9-17-11/h4-6,9H,3,7-8,10H2,1-2H3. The topological polar surface area (TPSA) is 47.8 Å². The first-order valence-electron chi connectivity index (χ1n) is 6.73. The summed E-state index contributed by atoms with van der Waals surface area (Å²) in [6.07, 6.45) is 3.98. The number of carbonyl (C=O) groups excluding carboxylic acids is 1. The number of ketones is 1. The summed E-state index contributed by atoms with van der Waals surface area (Å²) in [4.78, 5) is 16.3. The van der Waals surface area contributed by atoms with E-state index >= 15 is 0 Å². The lowest BCUT2D eigenvalue weighted by molar-refractivity contribution is -0.118. The highest BCUT2D eigenvalue weighted by atomic mass is 35.5. The van der Waals surface area contributed by atoms with E-state index in [9.17, 15) is 4.79 Å². The second kappa shape index (κ2) is 6.66. The van der Waals surface area contributed by atoms with E-state index in [-0.39, 0.29) is 5.78 Å². The Morgan fingerprint density at radius 2 is 2.20 bits per heavy atom.